The average Bonchev–Trinajstić information content (AvgIpc) is 2.25. The van der Waals surface area contributed by atoms with Crippen molar-refractivity contribution in [1.82, 2.24) is 5.32 Å². The average molecular weight is 335 g/mol. The molecule has 1 unspecified atom stereocenters. The third-order valence-electron chi connectivity index (χ3n) is 2.42. The molecule has 0 aliphatic heterocycles. The molecule has 0 bridgehead atoms. The maximum absolute atomic E-state index is 10.3. The molecule has 4 heteroatoms. The van der Waals surface area contributed by atoms with Gasteiger partial charge < -0.3 is 15.2 Å². The zero-order valence-corrected chi connectivity index (χ0v) is 11.8. The van der Waals surface area contributed by atoms with Gasteiger partial charge in [-0.3, -0.25) is 0 Å². The fourth-order valence-electron chi connectivity index (χ4n) is 1.42. The minimum Gasteiger partial charge on any atom is -0.384 e. The van der Waals surface area contributed by atoms with Crippen molar-refractivity contribution < 1.29 is 9.84 Å². The van der Waals surface area contributed by atoms with Crippen LogP contribution in [0.25, 0.3) is 0 Å². The highest BCUT2D eigenvalue weighted by Crippen LogP contribution is 2.20. The number of ether oxygens (including phenoxy) is 1. The van der Waals surface area contributed by atoms with Crippen LogP contribution >= 0.6 is 22.6 Å². The minimum atomic E-state index is -0.835. The Morgan fingerprint density at radius 1 is 1.38 bits per heavy atom. The van der Waals surface area contributed by atoms with Crippen LogP contribution in [0.3, 0.4) is 0 Å². The second kappa shape index (κ2) is 6.54. The van der Waals surface area contributed by atoms with E-state index in [9.17, 15) is 5.11 Å². The quantitative estimate of drug-likeness (QED) is 0.615. The Hall–Kier alpha value is -0.170. The van der Waals surface area contributed by atoms with Gasteiger partial charge in [0.1, 0.15) is 0 Å². The van der Waals surface area contributed by atoms with E-state index >= 15 is 0 Å². The molecule has 0 saturated heterocycles. The van der Waals surface area contributed by atoms with Gasteiger partial charge in [-0.25, -0.2) is 0 Å². The molecule has 2 N–H and O–H groups in total. The molecule has 1 rings (SSSR count). The molecule has 0 aliphatic carbocycles. The lowest BCUT2D eigenvalue weighted by Crippen LogP contribution is -2.36. The van der Waals surface area contributed by atoms with Crippen LogP contribution in [0.2, 0.25) is 0 Å². The summed E-state index contributed by atoms with van der Waals surface area (Å²) in [6.45, 7) is 3.74. The van der Waals surface area contributed by atoms with Crippen LogP contribution in [0.5, 0.6) is 0 Å². The van der Waals surface area contributed by atoms with Gasteiger partial charge in [-0.15, -0.1) is 0 Å². The van der Waals surface area contributed by atoms with E-state index in [1.165, 1.54) is 3.57 Å². The minimum absolute atomic E-state index is 0.525. The Kier molecular flexibility index (Phi) is 5.68. The number of hydrogen-bond acceptors (Lipinski definition) is 3. The SMILES string of the molecule is COCCNCC(C)(O)c1ccc(I)cc1. The van der Waals surface area contributed by atoms with Gasteiger partial charge in [-0.05, 0) is 47.2 Å². The third-order valence-corrected chi connectivity index (χ3v) is 3.14. The van der Waals surface area contributed by atoms with Gasteiger partial charge in [0, 0.05) is 23.8 Å². The van der Waals surface area contributed by atoms with E-state index in [0.29, 0.717) is 13.2 Å². The van der Waals surface area contributed by atoms with Gasteiger partial charge in [0.05, 0.1) is 12.2 Å². The van der Waals surface area contributed by atoms with Gasteiger partial charge in [-0.1, -0.05) is 12.1 Å². The Morgan fingerprint density at radius 3 is 2.56 bits per heavy atom. The summed E-state index contributed by atoms with van der Waals surface area (Å²) in [7, 11) is 1.67. The molecule has 1 aromatic carbocycles. The van der Waals surface area contributed by atoms with Crippen molar-refractivity contribution in [3.63, 3.8) is 0 Å². The molecular formula is C12H18INO2. The van der Waals surface area contributed by atoms with Gasteiger partial charge >= 0.3 is 0 Å². The van der Waals surface area contributed by atoms with Crippen molar-refractivity contribution >= 4 is 22.6 Å². The van der Waals surface area contributed by atoms with Gasteiger partial charge in [0.15, 0.2) is 0 Å². The molecule has 0 aromatic heterocycles. The van der Waals surface area contributed by atoms with Crippen molar-refractivity contribution in [3.8, 4) is 0 Å². The summed E-state index contributed by atoms with van der Waals surface area (Å²) in [5.74, 6) is 0. The van der Waals surface area contributed by atoms with Gasteiger partial charge in [-0.2, -0.15) is 0 Å². The molecule has 16 heavy (non-hydrogen) atoms. The maximum Gasteiger partial charge on any atom is 0.0992 e. The molecule has 0 heterocycles. The third kappa shape index (κ3) is 4.37. The summed E-state index contributed by atoms with van der Waals surface area (Å²) in [6.07, 6.45) is 0. The first kappa shape index (κ1) is 13.9. The van der Waals surface area contributed by atoms with Crippen LogP contribution in [0.4, 0.5) is 0 Å². The number of nitrogens with one attached hydrogen (secondary N) is 1. The molecule has 1 atom stereocenters. The summed E-state index contributed by atoms with van der Waals surface area (Å²) >= 11 is 2.25. The lowest BCUT2D eigenvalue weighted by Gasteiger charge is -2.24. The number of benzene rings is 1. The zero-order chi connectivity index (χ0) is 12.0. The van der Waals surface area contributed by atoms with Crippen LogP contribution in [-0.4, -0.2) is 31.9 Å². The van der Waals surface area contributed by atoms with E-state index in [1.807, 2.05) is 31.2 Å². The molecule has 0 saturated carbocycles. The first-order valence-corrected chi connectivity index (χ1v) is 6.32. The van der Waals surface area contributed by atoms with Gasteiger partial charge in [0.2, 0.25) is 0 Å². The van der Waals surface area contributed by atoms with E-state index in [-0.39, 0.29) is 0 Å². The van der Waals surface area contributed by atoms with Crippen molar-refractivity contribution in [3.05, 3.63) is 33.4 Å². The largest absolute Gasteiger partial charge is 0.384 e. The van der Waals surface area contributed by atoms with E-state index in [2.05, 4.69) is 27.9 Å². The Morgan fingerprint density at radius 2 is 2.00 bits per heavy atom. The predicted molar refractivity (Wildman–Crippen MR) is 73.5 cm³/mol. The second-order valence-corrected chi connectivity index (χ2v) is 5.20. The zero-order valence-electron chi connectivity index (χ0n) is 9.66. The van der Waals surface area contributed by atoms with Crippen LogP contribution in [0.15, 0.2) is 24.3 Å². The first-order chi connectivity index (χ1) is 7.56. The number of rotatable bonds is 6. The smallest absolute Gasteiger partial charge is 0.0992 e. The fourth-order valence-corrected chi connectivity index (χ4v) is 1.78. The van der Waals surface area contributed by atoms with Crippen molar-refractivity contribution in [1.29, 1.82) is 0 Å². The highest BCUT2D eigenvalue weighted by molar-refractivity contribution is 14.1. The van der Waals surface area contributed by atoms with E-state index in [4.69, 9.17) is 4.74 Å². The van der Waals surface area contributed by atoms with E-state index < -0.39 is 5.60 Å². The molecule has 90 valence electrons. The molecule has 3 nitrogen and oxygen atoms in total. The topological polar surface area (TPSA) is 41.5 Å². The summed E-state index contributed by atoms with van der Waals surface area (Å²) in [4.78, 5) is 0. The number of aliphatic hydroxyl groups is 1. The summed E-state index contributed by atoms with van der Waals surface area (Å²) in [5, 5.41) is 13.4. The van der Waals surface area contributed by atoms with Crippen molar-refractivity contribution in [2.24, 2.45) is 0 Å². The highest BCUT2D eigenvalue weighted by Gasteiger charge is 2.21. The monoisotopic (exact) mass is 335 g/mol. The number of methoxy groups -OCH3 is 1. The van der Waals surface area contributed by atoms with Crippen molar-refractivity contribution in [2.45, 2.75) is 12.5 Å². The normalized spacial score (nSPS) is 14.8. The first-order valence-electron chi connectivity index (χ1n) is 5.24. The van der Waals surface area contributed by atoms with Crippen LogP contribution < -0.4 is 5.32 Å². The Balaban J connectivity index is 2.52. The Bertz CT molecular complexity index is 311. The second-order valence-electron chi connectivity index (χ2n) is 3.95. The molecule has 0 aliphatic rings. The summed E-state index contributed by atoms with van der Waals surface area (Å²) in [5.41, 5.74) is 0.0933. The lowest BCUT2D eigenvalue weighted by atomic mass is 9.96. The number of halogens is 1. The van der Waals surface area contributed by atoms with Crippen LogP contribution in [0, 0.1) is 3.57 Å². The molecular weight excluding hydrogens is 317 g/mol. The maximum atomic E-state index is 10.3. The van der Waals surface area contributed by atoms with Crippen LogP contribution in [0.1, 0.15) is 12.5 Å². The summed E-state index contributed by atoms with van der Waals surface area (Å²) < 4.78 is 6.10. The molecule has 1 aromatic rings. The van der Waals surface area contributed by atoms with Crippen molar-refractivity contribution in [2.75, 3.05) is 26.8 Å². The molecule has 0 fully saturated rings. The standard InChI is InChI=1S/C12H18INO2/c1-12(15,9-14-7-8-16-2)10-3-5-11(13)6-4-10/h3-6,14-15H,7-9H2,1-2H3. The molecule has 0 spiro atoms. The highest BCUT2D eigenvalue weighted by atomic mass is 127. The number of hydrogen-bond donors (Lipinski definition) is 2. The molecule has 0 radical (unpaired) electrons. The van der Waals surface area contributed by atoms with Gasteiger partial charge in [0.25, 0.3) is 0 Å². The molecule has 0 amide bonds. The van der Waals surface area contributed by atoms with E-state index in [0.717, 1.165) is 12.1 Å². The summed E-state index contributed by atoms with van der Waals surface area (Å²) in [6, 6.07) is 7.92. The Labute approximate surface area is 110 Å². The fraction of sp³-hybridized carbons (Fsp3) is 0.500. The lowest BCUT2D eigenvalue weighted by molar-refractivity contribution is 0.0550. The van der Waals surface area contributed by atoms with Crippen LogP contribution in [-0.2, 0) is 10.3 Å². The predicted octanol–water partition coefficient (Wildman–Crippen LogP) is 1.73. The van der Waals surface area contributed by atoms with E-state index in [1.54, 1.807) is 7.11 Å².